The van der Waals surface area contributed by atoms with Crippen molar-refractivity contribution in [1.82, 2.24) is 15.3 Å². The standard InChI is InChI=1S/C12H11ClFN3/c1-15-12(8-5-16-7-17-6-8)10-3-2-9(13)4-11(10)14/h2-7,12,15H,1H3. The second-order valence-corrected chi connectivity index (χ2v) is 4.00. The molecule has 1 atom stereocenters. The van der Waals surface area contributed by atoms with Crippen LogP contribution in [0.1, 0.15) is 17.2 Å². The summed E-state index contributed by atoms with van der Waals surface area (Å²) < 4.78 is 13.8. The van der Waals surface area contributed by atoms with Crippen molar-refractivity contribution in [3.05, 3.63) is 58.9 Å². The summed E-state index contributed by atoms with van der Waals surface area (Å²) >= 11 is 5.73. The maximum Gasteiger partial charge on any atom is 0.129 e. The van der Waals surface area contributed by atoms with Gasteiger partial charge in [0.25, 0.3) is 0 Å². The highest BCUT2D eigenvalue weighted by Gasteiger charge is 2.16. The van der Waals surface area contributed by atoms with Crippen molar-refractivity contribution in [3.63, 3.8) is 0 Å². The minimum atomic E-state index is -0.347. The van der Waals surface area contributed by atoms with Gasteiger partial charge in [0, 0.05) is 28.5 Å². The average Bonchev–Trinajstić information content (AvgIpc) is 2.34. The van der Waals surface area contributed by atoms with Crippen LogP contribution in [-0.2, 0) is 0 Å². The normalized spacial score (nSPS) is 12.4. The molecule has 1 aromatic heterocycles. The molecular formula is C12H11ClFN3. The molecule has 0 aliphatic carbocycles. The summed E-state index contributed by atoms with van der Waals surface area (Å²) in [5.41, 5.74) is 1.32. The van der Waals surface area contributed by atoms with Crippen molar-refractivity contribution in [2.45, 2.75) is 6.04 Å². The fraction of sp³-hybridized carbons (Fsp3) is 0.167. The van der Waals surface area contributed by atoms with Gasteiger partial charge in [-0.3, -0.25) is 0 Å². The Balaban J connectivity index is 2.42. The van der Waals surface area contributed by atoms with Crippen molar-refractivity contribution in [1.29, 1.82) is 0 Å². The van der Waals surface area contributed by atoms with Crippen molar-refractivity contribution in [2.75, 3.05) is 7.05 Å². The van der Waals surface area contributed by atoms with Crippen LogP contribution in [-0.4, -0.2) is 17.0 Å². The number of aromatic nitrogens is 2. The van der Waals surface area contributed by atoms with Crippen LogP contribution in [0.2, 0.25) is 5.02 Å². The number of hydrogen-bond donors (Lipinski definition) is 1. The molecule has 2 aromatic rings. The average molecular weight is 252 g/mol. The molecule has 1 aromatic carbocycles. The summed E-state index contributed by atoms with van der Waals surface area (Å²) in [6, 6.07) is 4.33. The van der Waals surface area contributed by atoms with Crippen LogP contribution >= 0.6 is 11.6 Å². The maximum atomic E-state index is 13.8. The van der Waals surface area contributed by atoms with Crippen LogP contribution in [0.3, 0.4) is 0 Å². The van der Waals surface area contributed by atoms with Gasteiger partial charge in [-0.25, -0.2) is 14.4 Å². The maximum absolute atomic E-state index is 13.8. The Morgan fingerprint density at radius 1 is 1.29 bits per heavy atom. The molecule has 0 fully saturated rings. The molecule has 0 aliphatic heterocycles. The van der Waals surface area contributed by atoms with Crippen LogP contribution in [0.4, 0.5) is 4.39 Å². The highest BCUT2D eigenvalue weighted by molar-refractivity contribution is 6.30. The van der Waals surface area contributed by atoms with Gasteiger partial charge in [-0.05, 0) is 19.2 Å². The summed E-state index contributed by atoms with van der Waals surface area (Å²) in [7, 11) is 1.76. The lowest BCUT2D eigenvalue weighted by Crippen LogP contribution is -2.19. The molecule has 1 N–H and O–H groups in total. The summed E-state index contributed by atoms with van der Waals surface area (Å²) in [6.07, 6.45) is 4.75. The van der Waals surface area contributed by atoms with E-state index in [1.54, 1.807) is 31.6 Å². The van der Waals surface area contributed by atoms with Crippen LogP contribution in [0.15, 0.2) is 36.9 Å². The van der Waals surface area contributed by atoms with Crippen molar-refractivity contribution in [2.24, 2.45) is 0 Å². The van der Waals surface area contributed by atoms with Gasteiger partial charge in [0.2, 0.25) is 0 Å². The molecule has 0 saturated carbocycles. The number of nitrogens with zero attached hydrogens (tertiary/aromatic N) is 2. The molecule has 5 heteroatoms. The van der Waals surface area contributed by atoms with Gasteiger partial charge < -0.3 is 5.32 Å². The number of nitrogens with one attached hydrogen (secondary N) is 1. The van der Waals surface area contributed by atoms with E-state index < -0.39 is 0 Å². The first-order valence-corrected chi connectivity index (χ1v) is 5.47. The Kier molecular flexibility index (Phi) is 3.66. The third kappa shape index (κ3) is 2.60. The predicted octanol–water partition coefficient (Wildman–Crippen LogP) is 2.58. The van der Waals surface area contributed by atoms with E-state index in [4.69, 9.17) is 11.6 Å². The molecule has 3 nitrogen and oxygen atoms in total. The molecule has 0 amide bonds. The zero-order valence-corrected chi connectivity index (χ0v) is 9.95. The van der Waals surface area contributed by atoms with Crippen molar-refractivity contribution in [3.8, 4) is 0 Å². The number of benzene rings is 1. The zero-order chi connectivity index (χ0) is 12.3. The fourth-order valence-electron chi connectivity index (χ4n) is 1.70. The van der Waals surface area contributed by atoms with Crippen LogP contribution in [0.25, 0.3) is 0 Å². The van der Waals surface area contributed by atoms with Gasteiger partial charge >= 0.3 is 0 Å². The molecule has 0 radical (unpaired) electrons. The largest absolute Gasteiger partial charge is 0.309 e. The van der Waals surface area contributed by atoms with Gasteiger partial charge in [0.1, 0.15) is 12.1 Å². The Hall–Kier alpha value is -1.52. The van der Waals surface area contributed by atoms with E-state index in [0.29, 0.717) is 10.6 Å². The highest BCUT2D eigenvalue weighted by atomic mass is 35.5. The van der Waals surface area contributed by atoms with Crippen LogP contribution < -0.4 is 5.32 Å². The number of halogens is 2. The Morgan fingerprint density at radius 3 is 2.59 bits per heavy atom. The topological polar surface area (TPSA) is 37.8 Å². The van der Waals surface area contributed by atoms with E-state index in [1.807, 2.05) is 0 Å². The molecule has 0 bridgehead atoms. The molecule has 0 spiro atoms. The van der Waals surface area contributed by atoms with Gasteiger partial charge in [0.15, 0.2) is 0 Å². The van der Waals surface area contributed by atoms with Crippen molar-refractivity contribution >= 4 is 11.6 Å². The molecule has 2 rings (SSSR count). The molecular weight excluding hydrogens is 241 g/mol. The summed E-state index contributed by atoms with van der Waals surface area (Å²) in [5.74, 6) is -0.347. The van der Waals surface area contributed by atoms with E-state index in [2.05, 4.69) is 15.3 Å². The smallest absolute Gasteiger partial charge is 0.129 e. The van der Waals surface area contributed by atoms with E-state index >= 15 is 0 Å². The first-order valence-electron chi connectivity index (χ1n) is 5.09. The summed E-state index contributed by atoms with van der Waals surface area (Å²) in [6.45, 7) is 0. The SMILES string of the molecule is CNC(c1cncnc1)c1ccc(Cl)cc1F. The van der Waals surface area contributed by atoms with Crippen LogP contribution in [0.5, 0.6) is 0 Å². The fourth-order valence-corrected chi connectivity index (χ4v) is 1.86. The lowest BCUT2D eigenvalue weighted by molar-refractivity contribution is 0.575. The highest BCUT2D eigenvalue weighted by Crippen LogP contribution is 2.25. The van der Waals surface area contributed by atoms with Crippen molar-refractivity contribution < 1.29 is 4.39 Å². The first-order chi connectivity index (χ1) is 8.22. The quantitative estimate of drug-likeness (QED) is 0.911. The number of hydrogen-bond acceptors (Lipinski definition) is 3. The van der Waals surface area contributed by atoms with Gasteiger partial charge in [0.05, 0.1) is 6.04 Å². The Bertz CT molecular complexity index is 504. The van der Waals surface area contributed by atoms with E-state index in [0.717, 1.165) is 5.56 Å². The van der Waals surface area contributed by atoms with Gasteiger partial charge in [-0.1, -0.05) is 17.7 Å². The third-order valence-corrected chi connectivity index (χ3v) is 2.71. The van der Waals surface area contributed by atoms with Crippen LogP contribution in [0, 0.1) is 5.82 Å². The molecule has 0 saturated heterocycles. The minimum Gasteiger partial charge on any atom is -0.309 e. The third-order valence-electron chi connectivity index (χ3n) is 2.48. The lowest BCUT2D eigenvalue weighted by atomic mass is 10.0. The van der Waals surface area contributed by atoms with Gasteiger partial charge in [-0.2, -0.15) is 0 Å². The molecule has 17 heavy (non-hydrogen) atoms. The summed E-state index contributed by atoms with van der Waals surface area (Å²) in [5, 5.41) is 3.41. The Labute approximate surface area is 104 Å². The number of rotatable bonds is 3. The van der Waals surface area contributed by atoms with E-state index in [-0.39, 0.29) is 11.9 Å². The monoisotopic (exact) mass is 251 g/mol. The Morgan fingerprint density at radius 2 is 2.00 bits per heavy atom. The van der Waals surface area contributed by atoms with E-state index in [1.165, 1.54) is 12.4 Å². The second kappa shape index (κ2) is 5.21. The first kappa shape index (κ1) is 12.0. The zero-order valence-electron chi connectivity index (χ0n) is 9.19. The van der Waals surface area contributed by atoms with E-state index in [9.17, 15) is 4.39 Å². The molecule has 88 valence electrons. The minimum absolute atomic E-state index is 0.284. The molecule has 0 aliphatic rings. The molecule has 1 heterocycles. The molecule has 1 unspecified atom stereocenters. The van der Waals surface area contributed by atoms with Gasteiger partial charge in [-0.15, -0.1) is 0 Å². The lowest BCUT2D eigenvalue weighted by Gasteiger charge is -2.17. The predicted molar refractivity (Wildman–Crippen MR) is 64.3 cm³/mol. The second-order valence-electron chi connectivity index (χ2n) is 3.56. The summed E-state index contributed by atoms with van der Waals surface area (Å²) in [4.78, 5) is 7.85.